The molecule has 0 bridgehead atoms. The number of halogens is 3. The zero-order chi connectivity index (χ0) is 7.07. The van der Waals surface area contributed by atoms with Crippen molar-refractivity contribution in [2.24, 2.45) is 11.7 Å². The second kappa shape index (κ2) is 3.01. The molecule has 2 N–H and O–H groups in total. The van der Waals surface area contributed by atoms with Crippen molar-refractivity contribution < 1.29 is 8.78 Å². The summed E-state index contributed by atoms with van der Waals surface area (Å²) in [5.74, 6) is -2.35. The third-order valence-corrected chi connectivity index (χ3v) is 1.87. The third kappa shape index (κ3) is 2.06. The zero-order valence-corrected chi connectivity index (χ0v) is 6.63. The molecule has 0 saturated heterocycles. The van der Waals surface area contributed by atoms with E-state index in [4.69, 9.17) is 5.73 Å². The molecule has 0 heterocycles. The van der Waals surface area contributed by atoms with E-state index in [9.17, 15) is 8.78 Å². The van der Waals surface area contributed by atoms with Crippen molar-refractivity contribution >= 4 is 12.4 Å². The maximum absolute atomic E-state index is 12.1. The van der Waals surface area contributed by atoms with Crippen molar-refractivity contribution in [3.63, 3.8) is 0 Å². The normalized spacial score (nSPS) is 26.4. The third-order valence-electron chi connectivity index (χ3n) is 1.87. The first-order valence-corrected chi connectivity index (χ1v) is 3.15. The van der Waals surface area contributed by atoms with Crippen LogP contribution in [0.15, 0.2) is 0 Å². The molecule has 1 aliphatic carbocycles. The van der Waals surface area contributed by atoms with Crippen LogP contribution in [0.2, 0.25) is 0 Å². The van der Waals surface area contributed by atoms with Crippen molar-refractivity contribution in [3.05, 3.63) is 0 Å². The first kappa shape index (κ1) is 10.1. The van der Waals surface area contributed by atoms with E-state index < -0.39 is 5.92 Å². The summed E-state index contributed by atoms with van der Waals surface area (Å²) in [6.07, 6.45) is -0.0185. The highest BCUT2D eigenvalue weighted by atomic mass is 35.5. The topological polar surface area (TPSA) is 26.0 Å². The molecular weight excluding hydrogens is 160 g/mol. The van der Waals surface area contributed by atoms with E-state index in [0.717, 1.165) is 0 Å². The van der Waals surface area contributed by atoms with Crippen molar-refractivity contribution in [1.29, 1.82) is 0 Å². The van der Waals surface area contributed by atoms with E-state index in [0.29, 0.717) is 0 Å². The van der Waals surface area contributed by atoms with Gasteiger partial charge in [0.05, 0.1) is 0 Å². The molecule has 1 atom stereocenters. The van der Waals surface area contributed by atoms with E-state index >= 15 is 0 Å². The fourth-order valence-corrected chi connectivity index (χ4v) is 1.08. The van der Waals surface area contributed by atoms with E-state index in [-0.39, 0.29) is 37.2 Å². The van der Waals surface area contributed by atoms with Gasteiger partial charge in [0.25, 0.3) is 0 Å². The van der Waals surface area contributed by atoms with Crippen molar-refractivity contribution in [2.45, 2.75) is 31.7 Å². The van der Waals surface area contributed by atoms with Crippen LogP contribution in [0.5, 0.6) is 0 Å². The van der Waals surface area contributed by atoms with E-state index in [1.54, 1.807) is 6.92 Å². The van der Waals surface area contributed by atoms with Crippen LogP contribution in [0, 0.1) is 5.92 Å². The Morgan fingerprint density at radius 3 is 2.00 bits per heavy atom. The van der Waals surface area contributed by atoms with Crippen LogP contribution in [0.4, 0.5) is 8.78 Å². The highest BCUT2D eigenvalue weighted by Gasteiger charge is 2.46. The summed E-state index contributed by atoms with van der Waals surface area (Å²) < 4.78 is 24.2. The second-order valence-corrected chi connectivity index (χ2v) is 2.88. The van der Waals surface area contributed by atoms with Gasteiger partial charge < -0.3 is 5.73 Å². The summed E-state index contributed by atoms with van der Waals surface area (Å²) in [6, 6.07) is -0.0652. The smallest absolute Gasteiger partial charge is 0.248 e. The molecule has 0 radical (unpaired) electrons. The summed E-state index contributed by atoms with van der Waals surface area (Å²) in [4.78, 5) is 0. The molecule has 0 aromatic carbocycles. The Labute approximate surface area is 65.4 Å². The minimum atomic E-state index is -2.40. The molecule has 1 nitrogen and oxygen atoms in total. The number of rotatable bonds is 1. The SMILES string of the molecule is C[C@@H](N)C1CC(F)(F)C1.Cl. The minimum Gasteiger partial charge on any atom is -0.328 e. The Hall–Kier alpha value is 0.110. The Morgan fingerprint density at radius 2 is 1.90 bits per heavy atom. The molecule has 62 valence electrons. The maximum atomic E-state index is 12.1. The van der Waals surface area contributed by atoms with Gasteiger partial charge in [0.2, 0.25) is 5.92 Å². The predicted molar refractivity (Wildman–Crippen MR) is 38.6 cm³/mol. The van der Waals surface area contributed by atoms with Crippen molar-refractivity contribution in [2.75, 3.05) is 0 Å². The molecule has 1 rings (SSSR count). The van der Waals surface area contributed by atoms with Gasteiger partial charge in [-0.3, -0.25) is 0 Å². The van der Waals surface area contributed by atoms with E-state index in [1.807, 2.05) is 0 Å². The standard InChI is InChI=1S/C6H11F2N.ClH/c1-4(9)5-2-6(7,8)3-5;/h4-5H,2-3,9H2,1H3;1H/t4-;/m1./s1. The maximum Gasteiger partial charge on any atom is 0.248 e. The molecule has 1 saturated carbocycles. The van der Waals surface area contributed by atoms with Gasteiger partial charge in [-0.15, -0.1) is 12.4 Å². The average Bonchev–Trinajstić information content (AvgIpc) is 1.59. The average molecular weight is 172 g/mol. The molecule has 0 aromatic heterocycles. The predicted octanol–water partition coefficient (Wildman–Crippen LogP) is 1.80. The van der Waals surface area contributed by atoms with Gasteiger partial charge in [-0.1, -0.05) is 0 Å². The fraction of sp³-hybridized carbons (Fsp3) is 1.00. The van der Waals surface area contributed by atoms with Gasteiger partial charge in [0.15, 0.2) is 0 Å². The molecule has 0 aliphatic heterocycles. The first-order chi connectivity index (χ1) is 4.01. The zero-order valence-electron chi connectivity index (χ0n) is 5.81. The summed E-state index contributed by atoms with van der Waals surface area (Å²) in [7, 11) is 0. The van der Waals surface area contributed by atoms with Gasteiger partial charge in [-0.05, 0) is 12.8 Å². The lowest BCUT2D eigenvalue weighted by Gasteiger charge is -2.37. The van der Waals surface area contributed by atoms with Crippen LogP contribution in [0.3, 0.4) is 0 Å². The molecule has 4 heteroatoms. The number of nitrogens with two attached hydrogens (primary N) is 1. The monoisotopic (exact) mass is 171 g/mol. The van der Waals surface area contributed by atoms with Gasteiger partial charge in [0.1, 0.15) is 0 Å². The molecule has 0 aromatic rings. The summed E-state index contributed by atoms with van der Waals surface area (Å²) in [5, 5.41) is 0. The molecule has 10 heavy (non-hydrogen) atoms. The summed E-state index contributed by atoms with van der Waals surface area (Å²) in [5.41, 5.74) is 5.39. The lowest BCUT2D eigenvalue weighted by atomic mass is 9.77. The molecule has 0 amide bonds. The lowest BCUT2D eigenvalue weighted by Crippen LogP contribution is -2.44. The van der Waals surface area contributed by atoms with Gasteiger partial charge >= 0.3 is 0 Å². The highest BCUT2D eigenvalue weighted by Crippen LogP contribution is 2.43. The van der Waals surface area contributed by atoms with Crippen molar-refractivity contribution in [1.82, 2.24) is 0 Å². The fourth-order valence-electron chi connectivity index (χ4n) is 1.08. The number of hydrogen-bond donors (Lipinski definition) is 1. The number of hydrogen-bond acceptors (Lipinski definition) is 1. The van der Waals surface area contributed by atoms with E-state index in [2.05, 4.69) is 0 Å². The van der Waals surface area contributed by atoms with Gasteiger partial charge in [-0.2, -0.15) is 0 Å². The molecule has 0 unspecified atom stereocenters. The Kier molecular flexibility index (Phi) is 3.04. The van der Waals surface area contributed by atoms with Crippen LogP contribution in [0.25, 0.3) is 0 Å². The Balaban J connectivity index is 0.000000810. The van der Waals surface area contributed by atoms with Crippen LogP contribution in [-0.2, 0) is 0 Å². The molecule has 1 fully saturated rings. The van der Waals surface area contributed by atoms with Crippen LogP contribution in [-0.4, -0.2) is 12.0 Å². The van der Waals surface area contributed by atoms with E-state index in [1.165, 1.54) is 0 Å². The summed E-state index contributed by atoms with van der Waals surface area (Å²) in [6.45, 7) is 1.78. The minimum absolute atomic E-state index is 0. The highest BCUT2D eigenvalue weighted by molar-refractivity contribution is 5.85. The van der Waals surface area contributed by atoms with Crippen molar-refractivity contribution in [3.8, 4) is 0 Å². The number of alkyl halides is 2. The van der Waals surface area contributed by atoms with Crippen LogP contribution in [0.1, 0.15) is 19.8 Å². The Morgan fingerprint density at radius 1 is 1.50 bits per heavy atom. The lowest BCUT2D eigenvalue weighted by molar-refractivity contribution is -0.115. The largest absolute Gasteiger partial charge is 0.328 e. The molecule has 0 spiro atoms. The Bertz CT molecular complexity index is 108. The van der Waals surface area contributed by atoms with Crippen LogP contribution < -0.4 is 5.73 Å². The molecule has 1 aliphatic rings. The quantitative estimate of drug-likeness (QED) is 0.640. The second-order valence-electron chi connectivity index (χ2n) is 2.88. The van der Waals surface area contributed by atoms with Gasteiger partial charge in [-0.25, -0.2) is 8.78 Å². The summed E-state index contributed by atoms with van der Waals surface area (Å²) >= 11 is 0. The molecular formula is C6H12ClF2N. The van der Waals surface area contributed by atoms with Crippen LogP contribution >= 0.6 is 12.4 Å². The van der Waals surface area contributed by atoms with Gasteiger partial charge in [0, 0.05) is 18.9 Å². The first-order valence-electron chi connectivity index (χ1n) is 3.15.